The van der Waals surface area contributed by atoms with Crippen LogP contribution < -0.4 is 0 Å². The van der Waals surface area contributed by atoms with Gasteiger partial charge in [0, 0.05) is 19.1 Å². The summed E-state index contributed by atoms with van der Waals surface area (Å²) in [5.74, 6) is 0.330. The number of aliphatic hydroxyl groups is 3. The Morgan fingerprint density at radius 2 is 1.72 bits per heavy atom. The van der Waals surface area contributed by atoms with Crippen molar-refractivity contribution in [2.45, 2.75) is 58.5 Å². The second-order valence-corrected chi connectivity index (χ2v) is 7.36. The van der Waals surface area contributed by atoms with Gasteiger partial charge in [0.05, 0.1) is 5.60 Å². The van der Waals surface area contributed by atoms with Crippen LogP contribution in [-0.2, 0) is 0 Å². The van der Waals surface area contributed by atoms with Crippen LogP contribution in [0.15, 0.2) is 0 Å². The van der Waals surface area contributed by atoms with E-state index < -0.39 is 5.60 Å². The van der Waals surface area contributed by atoms with E-state index in [1.807, 2.05) is 6.92 Å². The molecule has 0 bridgehead atoms. The number of hydrogen-bond acceptors (Lipinski definition) is 3. The van der Waals surface area contributed by atoms with Crippen LogP contribution in [0.25, 0.3) is 0 Å². The molecule has 5 atom stereocenters. The topological polar surface area (TPSA) is 60.7 Å². The molecular weight excluding hydrogens is 228 g/mol. The molecule has 2 saturated carbocycles. The minimum atomic E-state index is -0.770. The molecule has 0 radical (unpaired) electrons. The molecule has 0 aliphatic heterocycles. The first kappa shape index (κ1) is 14.3. The van der Waals surface area contributed by atoms with Crippen molar-refractivity contribution in [1.29, 1.82) is 0 Å². The number of aliphatic hydroxyl groups excluding tert-OH is 2. The zero-order valence-electron chi connectivity index (χ0n) is 11.9. The van der Waals surface area contributed by atoms with Crippen molar-refractivity contribution >= 4 is 0 Å². The van der Waals surface area contributed by atoms with Gasteiger partial charge in [-0.05, 0) is 49.4 Å². The van der Waals surface area contributed by atoms with Gasteiger partial charge < -0.3 is 15.3 Å². The van der Waals surface area contributed by atoms with E-state index in [0.717, 1.165) is 32.1 Å². The molecule has 2 rings (SSSR count). The minimum Gasteiger partial charge on any atom is -0.396 e. The van der Waals surface area contributed by atoms with Gasteiger partial charge in [-0.25, -0.2) is 0 Å². The maximum atomic E-state index is 10.6. The van der Waals surface area contributed by atoms with E-state index in [1.165, 1.54) is 0 Å². The Morgan fingerprint density at radius 1 is 1.06 bits per heavy atom. The van der Waals surface area contributed by atoms with Gasteiger partial charge in [0.25, 0.3) is 0 Å². The van der Waals surface area contributed by atoms with Crippen molar-refractivity contribution in [2.75, 3.05) is 13.2 Å². The highest BCUT2D eigenvalue weighted by atomic mass is 16.3. The Kier molecular flexibility index (Phi) is 3.54. The van der Waals surface area contributed by atoms with Gasteiger partial charge in [-0.3, -0.25) is 0 Å². The summed E-state index contributed by atoms with van der Waals surface area (Å²) in [6.07, 6.45) is 4.88. The molecule has 3 N–H and O–H groups in total. The summed E-state index contributed by atoms with van der Waals surface area (Å²) in [6.45, 7) is 6.50. The van der Waals surface area contributed by atoms with Crippen molar-refractivity contribution < 1.29 is 15.3 Å². The quantitative estimate of drug-likeness (QED) is 0.707. The fourth-order valence-electron chi connectivity index (χ4n) is 5.03. The Hall–Kier alpha value is -0.120. The molecule has 0 aromatic carbocycles. The highest BCUT2D eigenvalue weighted by Crippen LogP contribution is 2.61. The first-order chi connectivity index (χ1) is 8.30. The average Bonchev–Trinajstić information content (AvgIpc) is 2.27. The summed E-state index contributed by atoms with van der Waals surface area (Å²) in [5.41, 5.74) is -0.864. The third-order valence-corrected chi connectivity index (χ3v) is 6.13. The molecule has 0 spiro atoms. The molecule has 0 amide bonds. The molecule has 2 aliphatic rings. The molecule has 0 aromatic heterocycles. The predicted octanol–water partition coefficient (Wildman–Crippen LogP) is 1.94. The lowest BCUT2D eigenvalue weighted by Gasteiger charge is -2.61. The molecular formula is C15H28O3. The molecule has 0 saturated heterocycles. The smallest absolute Gasteiger partial charge is 0.0675 e. The highest BCUT2D eigenvalue weighted by Gasteiger charge is 2.58. The summed E-state index contributed by atoms with van der Waals surface area (Å²) >= 11 is 0. The monoisotopic (exact) mass is 256 g/mol. The van der Waals surface area contributed by atoms with Crippen molar-refractivity contribution in [1.82, 2.24) is 0 Å². The van der Waals surface area contributed by atoms with E-state index in [4.69, 9.17) is 0 Å². The average molecular weight is 256 g/mol. The molecule has 0 heterocycles. The largest absolute Gasteiger partial charge is 0.396 e. The lowest BCUT2D eigenvalue weighted by atomic mass is 9.45. The van der Waals surface area contributed by atoms with E-state index in [-0.39, 0.29) is 30.0 Å². The number of fused-ring (bicyclic) bond motifs is 1. The van der Waals surface area contributed by atoms with E-state index in [2.05, 4.69) is 13.8 Å². The van der Waals surface area contributed by atoms with Crippen LogP contribution >= 0.6 is 0 Å². The second-order valence-electron chi connectivity index (χ2n) is 7.36. The molecule has 2 fully saturated rings. The molecule has 2 aliphatic carbocycles. The van der Waals surface area contributed by atoms with Crippen molar-refractivity contribution in [2.24, 2.45) is 22.7 Å². The first-order valence-electron chi connectivity index (χ1n) is 7.24. The Balaban J connectivity index is 2.38. The molecule has 0 aromatic rings. The van der Waals surface area contributed by atoms with Gasteiger partial charge in [0.15, 0.2) is 0 Å². The lowest BCUT2D eigenvalue weighted by molar-refractivity contribution is -0.188. The summed E-state index contributed by atoms with van der Waals surface area (Å²) in [7, 11) is 0. The van der Waals surface area contributed by atoms with Gasteiger partial charge in [0.2, 0.25) is 0 Å². The van der Waals surface area contributed by atoms with Crippen LogP contribution in [0.2, 0.25) is 0 Å². The van der Waals surface area contributed by atoms with Crippen molar-refractivity contribution in [3.8, 4) is 0 Å². The van der Waals surface area contributed by atoms with Gasteiger partial charge in [-0.1, -0.05) is 20.3 Å². The second kappa shape index (κ2) is 4.46. The molecule has 3 nitrogen and oxygen atoms in total. The molecule has 106 valence electrons. The van der Waals surface area contributed by atoms with Gasteiger partial charge in [-0.2, -0.15) is 0 Å². The fraction of sp³-hybridized carbons (Fsp3) is 1.00. The normalized spacial score (nSPS) is 53.0. The lowest BCUT2D eigenvalue weighted by Crippen LogP contribution is -2.59. The predicted molar refractivity (Wildman–Crippen MR) is 71.1 cm³/mol. The molecule has 0 unspecified atom stereocenters. The van der Waals surface area contributed by atoms with E-state index in [0.29, 0.717) is 5.92 Å². The third kappa shape index (κ3) is 1.91. The Morgan fingerprint density at radius 3 is 2.28 bits per heavy atom. The van der Waals surface area contributed by atoms with Crippen molar-refractivity contribution in [3.05, 3.63) is 0 Å². The van der Waals surface area contributed by atoms with Gasteiger partial charge >= 0.3 is 0 Å². The fourth-order valence-corrected chi connectivity index (χ4v) is 5.03. The molecule has 18 heavy (non-hydrogen) atoms. The third-order valence-electron chi connectivity index (χ3n) is 6.13. The summed E-state index contributed by atoms with van der Waals surface area (Å²) in [5, 5.41) is 30.1. The highest BCUT2D eigenvalue weighted by molar-refractivity contribution is 5.08. The maximum absolute atomic E-state index is 10.6. The van der Waals surface area contributed by atoms with Crippen LogP contribution in [0.5, 0.6) is 0 Å². The standard InChI is InChI=1S/C15H28O3/c1-13(10-17)6-4-7-14(2)11(13)5-8-15(3,18)12(14)9-16/h11-12,16-18H,4-10H2,1-3H3/t11-,12+,13+,14-,15+/m0/s1. The number of rotatable bonds is 2. The van der Waals surface area contributed by atoms with E-state index in [9.17, 15) is 15.3 Å². The molecule has 3 heteroatoms. The number of hydrogen-bond donors (Lipinski definition) is 3. The Bertz CT molecular complexity index is 315. The first-order valence-corrected chi connectivity index (χ1v) is 7.24. The van der Waals surface area contributed by atoms with Crippen LogP contribution in [0, 0.1) is 22.7 Å². The van der Waals surface area contributed by atoms with E-state index >= 15 is 0 Å². The van der Waals surface area contributed by atoms with Crippen LogP contribution in [0.1, 0.15) is 52.9 Å². The maximum Gasteiger partial charge on any atom is 0.0675 e. The zero-order valence-corrected chi connectivity index (χ0v) is 11.9. The van der Waals surface area contributed by atoms with Gasteiger partial charge in [-0.15, -0.1) is 0 Å². The summed E-state index contributed by atoms with van der Waals surface area (Å²) in [4.78, 5) is 0. The zero-order chi connectivity index (χ0) is 13.6. The van der Waals surface area contributed by atoms with E-state index in [1.54, 1.807) is 0 Å². The van der Waals surface area contributed by atoms with Crippen LogP contribution in [0.4, 0.5) is 0 Å². The van der Waals surface area contributed by atoms with Crippen LogP contribution in [0.3, 0.4) is 0 Å². The SMILES string of the molecule is C[C@]1(CO)CCC[C@]2(C)[C@@H](CO)[C@](C)(O)CC[C@@H]12. The van der Waals surface area contributed by atoms with Gasteiger partial charge in [0.1, 0.15) is 0 Å². The summed E-state index contributed by atoms with van der Waals surface area (Å²) < 4.78 is 0. The Labute approximate surface area is 110 Å². The minimum absolute atomic E-state index is 0.0432. The van der Waals surface area contributed by atoms with Crippen LogP contribution in [-0.4, -0.2) is 34.1 Å². The van der Waals surface area contributed by atoms with Crippen molar-refractivity contribution in [3.63, 3.8) is 0 Å². The summed E-state index contributed by atoms with van der Waals surface area (Å²) in [6, 6.07) is 0.